The predicted octanol–water partition coefficient (Wildman–Crippen LogP) is 3.63. The number of benzene rings is 3. The number of hydrogen-bond acceptors (Lipinski definition) is 5. The zero-order valence-electron chi connectivity index (χ0n) is 15.4. The van der Waals surface area contributed by atoms with Crippen LogP contribution < -0.4 is 19.6 Å². The van der Waals surface area contributed by atoms with Crippen molar-refractivity contribution in [3.63, 3.8) is 0 Å². The van der Waals surface area contributed by atoms with Gasteiger partial charge in [0.15, 0.2) is 0 Å². The van der Waals surface area contributed by atoms with Crippen molar-refractivity contribution in [3.8, 4) is 17.2 Å². The first-order chi connectivity index (χ1) is 13.2. The molecule has 0 fully saturated rings. The molecule has 0 saturated carbocycles. The number of amides is 1. The van der Waals surface area contributed by atoms with Gasteiger partial charge >= 0.3 is 0 Å². The summed E-state index contributed by atoms with van der Waals surface area (Å²) in [5.41, 5.74) is 3.65. The molecule has 3 aromatic carbocycles. The lowest BCUT2D eigenvalue weighted by atomic mass is 10.1. The van der Waals surface area contributed by atoms with Crippen molar-refractivity contribution in [2.24, 2.45) is 5.10 Å². The molecule has 0 aliphatic rings. The first-order valence-corrected chi connectivity index (χ1v) is 8.28. The summed E-state index contributed by atoms with van der Waals surface area (Å²) in [4.78, 5) is 12.6. The number of nitrogens with zero attached hydrogens (tertiary/aromatic N) is 1. The number of methoxy groups -OCH3 is 3. The Balaban J connectivity index is 1.82. The number of carbonyl (C=O) groups excluding carboxylic acids is 1. The van der Waals surface area contributed by atoms with Crippen molar-refractivity contribution < 1.29 is 19.0 Å². The third-order valence-corrected chi connectivity index (χ3v) is 4.12. The van der Waals surface area contributed by atoms with Crippen molar-refractivity contribution in [3.05, 3.63) is 65.7 Å². The van der Waals surface area contributed by atoms with Gasteiger partial charge in [-0.2, -0.15) is 5.10 Å². The molecule has 1 amide bonds. The average molecular weight is 364 g/mol. The zero-order chi connectivity index (χ0) is 19.2. The molecular weight excluding hydrogens is 344 g/mol. The minimum atomic E-state index is -0.360. The summed E-state index contributed by atoms with van der Waals surface area (Å²) < 4.78 is 15.8. The Morgan fingerprint density at radius 3 is 2.26 bits per heavy atom. The third-order valence-electron chi connectivity index (χ3n) is 4.12. The van der Waals surface area contributed by atoms with Crippen LogP contribution in [-0.4, -0.2) is 33.5 Å². The van der Waals surface area contributed by atoms with Gasteiger partial charge in [-0.3, -0.25) is 4.79 Å². The predicted molar refractivity (Wildman–Crippen MR) is 105 cm³/mol. The fraction of sp³-hybridized carbons (Fsp3) is 0.143. The Morgan fingerprint density at radius 1 is 0.889 bits per heavy atom. The molecule has 0 radical (unpaired) electrons. The molecular formula is C21H20N2O4. The lowest BCUT2D eigenvalue weighted by Crippen LogP contribution is -2.18. The molecule has 0 heterocycles. The van der Waals surface area contributed by atoms with Gasteiger partial charge in [-0.1, -0.05) is 24.3 Å². The molecule has 27 heavy (non-hydrogen) atoms. The zero-order valence-corrected chi connectivity index (χ0v) is 15.4. The molecule has 6 heteroatoms. The molecule has 0 spiro atoms. The van der Waals surface area contributed by atoms with E-state index >= 15 is 0 Å². The van der Waals surface area contributed by atoms with E-state index in [1.54, 1.807) is 38.5 Å². The average Bonchev–Trinajstić information content (AvgIpc) is 2.72. The summed E-state index contributed by atoms with van der Waals surface area (Å²) in [6.45, 7) is 0. The van der Waals surface area contributed by atoms with Crippen molar-refractivity contribution in [1.82, 2.24) is 5.43 Å². The highest BCUT2D eigenvalue weighted by atomic mass is 16.5. The standard InChI is InChI=1S/C21H20N2O4/c1-25-17-9-8-16(19(12-17)26-2)13-22-23-21(24)18-10-14-6-4-5-7-15(14)11-20(18)27-3/h4-13H,1-3H3,(H,23,24)/b22-13-. The van der Waals surface area contributed by atoms with Crippen molar-refractivity contribution in [1.29, 1.82) is 0 Å². The van der Waals surface area contributed by atoms with Crippen LogP contribution in [0.1, 0.15) is 15.9 Å². The van der Waals surface area contributed by atoms with E-state index < -0.39 is 0 Å². The van der Waals surface area contributed by atoms with Crippen LogP contribution in [0.4, 0.5) is 0 Å². The number of rotatable bonds is 6. The van der Waals surface area contributed by atoms with E-state index in [4.69, 9.17) is 14.2 Å². The minimum absolute atomic E-state index is 0.360. The van der Waals surface area contributed by atoms with Gasteiger partial charge < -0.3 is 14.2 Å². The molecule has 3 rings (SSSR count). The minimum Gasteiger partial charge on any atom is -0.497 e. The van der Waals surface area contributed by atoms with Gasteiger partial charge in [0.2, 0.25) is 0 Å². The molecule has 3 aromatic rings. The largest absolute Gasteiger partial charge is 0.497 e. The fourth-order valence-corrected chi connectivity index (χ4v) is 2.71. The second-order valence-corrected chi connectivity index (χ2v) is 5.71. The third kappa shape index (κ3) is 4.00. The van der Waals surface area contributed by atoms with E-state index in [2.05, 4.69) is 10.5 Å². The molecule has 138 valence electrons. The van der Waals surface area contributed by atoms with Crippen LogP contribution in [0.3, 0.4) is 0 Å². The van der Waals surface area contributed by atoms with Crippen LogP contribution in [0, 0.1) is 0 Å². The Kier molecular flexibility index (Phi) is 5.56. The van der Waals surface area contributed by atoms with Crippen molar-refractivity contribution in [2.45, 2.75) is 0 Å². The quantitative estimate of drug-likeness (QED) is 0.536. The topological polar surface area (TPSA) is 69.2 Å². The maximum absolute atomic E-state index is 12.6. The Morgan fingerprint density at radius 2 is 1.59 bits per heavy atom. The van der Waals surface area contributed by atoms with Gasteiger partial charge in [-0.05, 0) is 35.0 Å². The van der Waals surface area contributed by atoms with Crippen LogP contribution >= 0.6 is 0 Å². The lowest BCUT2D eigenvalue weighted by molar-refractivity contribution is 0.0952. The Hall–Kier alpha value is -3.54. The van der Waals surface area contributed by atoms with Crippen LogP contribution in [0.2, 0.25) is 0 Å². The molecule has 6 nitrogen and oxygen atoms in total. The highest BCUT2D eigenvalue weighted by molar-refractivity contribution is 6.02. The van der Waals surface area contributed by atoms with Crippen molar-refractivity contribution in [2.75, 3.05) is 21.3 Å². The first-order valence-electron chi connectivity index (χ1n) is 8.28. The number of carbonyl (C=O) groups is 1. The summed E-state index contributed by atoms with van der Waals surface area (Å²) in [7, 11) is 4.68. The van der Waals surface area contributed by atoms with Gasteiger partial charge in [-0.15, -0.1) is 0 Å². The van der Waals surface area contributed by atoms with Gasteiger partial charge in [0, 0.05) is 11.6 Å². The van der Waals surface area contributed by atoms with E-state index in [1.165, 1.54) is 13.3 Å². The van der Waals surface area contributed by atoms with Crippen LogP contribution in [0.25, 0.3) is 10.8 Å². The highest BCUT2D eigenvalue weighted by Crippen LogP contribution is 2.26. The van der Waals surface area contributed by atoms with Crippen LogP contribution in [-0.2, 0) is 0 Å². The van der Waals surface area contributed by atoms with E-state index in [9.17, 15) is 4.79 Å². The summed E-state index contributed by atoms with van der Waals surface area (Å²) in [5.74, 6) is 1.40. The molecule has 0 aliphatic carbocycles. The summed E-state index contributed by atoms with van der Waals surface area (Å²) in [6, 6.07) is 16.7. The second-order valence-electron chi connectivity index (χ2n) is 5.71. The molecule has 0 unspecified atom stereocenters. The summed E-state index contributed by atoms with van der Waals surface area (Å²) >= 11 is 0. The Labute approximate surface area is 157 Å². The summed E-state index contributed by atoms with van der Waals surface area (Å²) in [5, 5.41) is 5.98. The number of ether oxygens (including phenoxy) is 3. The Bertz CT molecular complexity index is 999. The maximum atomic E-state index is 12.6. The van der Waals surface area contributed by atoms with Gasteiger partial charge in [0.1, 0.15) is 17.2 Å². The number of nitrogens with one attached hydrogen (secondary N) is 1. The second kappa shape index (κ2) is 8.23. The smallest absolute Gasteiger partial charge is 0.275 e. The highest BCUT2D eigenvalue weighted by Gasteiger charge is 2.13. The lowest BCUT2D eigenvalue weighted by Gasteiger charge is -2.09. The van der Waals surface area contributed by atoms with Gasteiger partial charge in [0.05, 0.1) is 33.1 Å². The van der Waals surface area contributed by atoms with Crippen LogP contribution in [0.5, 0.6) is 17.2 Å². The normalized spacial score (nSPS) is 10.8. The molecule has 0 saturated heterocycles. The number of hydrazone groups is 1. The SMILES string of the molecule is COc1ccc(/C=N\NC(=O)c2cc3ccccc3cc2OC)c(OC)c1. The van der Waals surface area contributed by atoms with E-state index in [0.29, 0.717) is 28.4 Å². The maximum Gasteiger partial charge on any atom is 0.275 e. The van der Waals surface area contributed by atoms with Gasteiger partial charge in [-0.25, -0.2) is 5.43 Å². The molecule has 0 bridgehead atoms. The molecule has 0 atom stereocenters. The van der Waals surface area contributed by atoms with E-state index in [-0.39, 0.29) is 5.91 Å². The number of fused-ring (bicyclic) bond motifs is 1. The molecule has 0 aliphatic heterocycles. The van der Waals surface area contributed by atoms with Gasteiger partial charge in [0.25, 0.3) is 5.91 Å². The number of hydrogen-bond donors (Lipinski definition) is 1. The van der Waals surface area contributed by atoms with Crippen molar-refractivity contribution >= 4 is 22.9 Å². The summed E-state index contributed by atoms with van der Waals surface area (Å²) in [6.07, 6.45) is 1.52. The monoisotopic (exact) mass is 364 g/mol. The van der Waals surface area contributed by atoms with E-state index in [0.717, 1.165) is 10.8 Å². The van der Waals surface area contributed by atoms with Crippen LogP contribution in [0.15, 0.2) is 59.7 Å². The molecule has 0 aromatic heterocycles. The first kappa shape index (κ1) is 18.3. The fourth-order valence-electron chi connectivity index (χ4n) is 2.71. The molecule has 1 N–H and O–H groups in total. The van der Waals surface area contributed by atoms with E-state index in [1.807, 2.05) is 30.3 Å².